The molecule has 1 rings (SSSR count). The smallest absolute Gasteiger partial charge is 0.253 e. The molecule has 0 fully saturated rings. The lowest BCUT2D eigenvalue weighted by atomic mass is 10.6. The van der Waals surface area contributed by atoms with Crippen molar-refractivity contribution in [1.29, 1.82) is 0 Å². The number of halogens is 3. The molecule has 1 heterocycles. The van der Waals surface area contributed by atoms with Crippen molar-refractivity contribution in [3.63, 3.8) is 0 Å². The van der Waals surface area contributed by atoms with Crippen LogP contribution in [-0.2, 0) is 13.2 Å². The first kappa shape index (κ1) is 8.03. The van der Waals surface area contributed by atoms with Gasteiger partial charge in [-0.1, -0.05) is 0 Å². The summed E-state index contributed by atoms with van der Waals surface area (Å²) in [5, 5.41) is 3.16. The van der Waals surface area contributed by atoms with Gasteiger partial charge in [0.25, 0.3) is 5.82 Å². The fraction of sp³-hybridized carbons (Fsp3) is 0.600. The Bertz CT molecular complexity index is 243. The standard InChI is InChI=1S/C5H6F3N3/c1-3-9-4(5(6,7)8)10-11(3)2/h1-2H3. The van der Waals surface area contributed by atoms with Gasteiger partial charge < -0.3 is 0 Å². The van der Waals surface area contributed by atoms with E-state index in [1.54, 1.807) is 0 Å². The minimum atomic E-state index is -4.44. The molecule has 0 spiro atoms. The highest BCUT2D eigenvalue weighted by Gasteiger charge is 2.36. The molecule has 0 atom stereocenters. The maximum absolute atomic E-state index is 11.8. The van der Waals surface area contributed by atoms with E-state index in [-0.39, 0.29) is 5.82 Å². The summed E-state index contributed by atoms with van der Waals surface area (Å²) < 4.78 is 36.6. The molecule has 62 valence electrons. The number of rotatable bonds is 0. The third kappa shape index (κ3) is 1.50. The highest BCUT2D eigenvalue weighted by molar-refractivity contribution is 4.93. The van der Waals surface area contributed by atoms with Crippen LogP contribution in [0.5, 0.6) is 0 Å². The van der Waals surface area contributed by atoms with Gasteiger partial charge in [0.15, 0.2) is 0 Å². The van der Waals surface area contributed by atoms with Crippen molar-refractivity contribution < 1.29 is 13.2 Å². The Balaban J connectivity index is 3.08. The molecule has 6 heteroatoms. The fourth-order valence-electron chi connectivity index (χ4n) is 0.583. The van der Waals surface area contributed by atoms with E-state index in [1.165, 1.54) is 14.0 Å². The van der Waals surface area contributed by atoms with E-state index >= 15 is 0 Å². The summed E-state index contributed by atoms with van der Waals surface area (Å²) in [5.74, 6) is -0.838. The zero-order valence-corrected chi connectivity index (χ0v) is 5.98. The zero-order valence-electron chi connectivity index (χ0n) is 5.98. The Hall–Kier alpha value is -1.07. The van der Waals surface area contributed by atoms with Crippen LogP contribution in [0.25, 0.3) is 0 Å². The van der Waals surface area contributed by atoms with Gasteiger partial charge in [0.1, 0.15) is 5.82 Å². The van der Waals surface area contributed by atoms with Crippen LogP contribution in [0.15, 0.2) is 0 Å². The van der Waals surface area contributed by atoms with Crippen molar-refractivity contribution in [2.75, 3.05) is 0 Å². The molecule has 0 aliphatic heterocycles. The molecule has 0 bridgehead atoms. The van der Waals surface area contributed by atoms with Gasteiger partial charge in [-0.15, -0.1) is 5.10 Å². The second-order valence-electron chi connectivity index (χ2n) is 2.10. The van der Waals surface area contributed by atoms with E-state index in [1.807, 2.05) is 0 Å². The molecular formula is C5H6F3N3. The van der Waals surface area contributed by atoms with Crippen molar-refractivity contribution in [2.45, 2.75) is 13.1 Å². The Morgan fingerprint density at radius 2 is 1.91 bits per heavy atom. The second-order valence-corrected chi connectivity index (χ2v) is 2.10. The maximum atomic E-state index is 11.8. The summed E-state index contributed by atoms with van der Waals surface area (Å²) in [6.07, 6.45) is -4.44. The zero-order chi connectivity index (χ0) is 8.65. The molecule has 11 heavy (non-hydrogen) atoms. The van der Waals surface area contributed by atoms with E-state index in [2.05, 4.69) is 10.1 Å². The molecule has 0 saturated carbocycles. The average Bonchev–Trinajstić information content (AvgIpc) is 2.11. The Morgan fingerprint density at radius 3 is 2.09 bits per heavy atom. The molecule has 1 aromatic heterocycles. The van der Waals surface area contributed by atoms with Gasteiger partial charge >= 0.3 is 6.18 Å². The summed E-state index contributed by atoms with van der Waals surface area (Å²) >= 11 is 0. The summed E-state index contributed by atoms with van der Waals surface area (Å²) in [5.41, 5.74) is 0. The van der Waals surface area contributed by atoms with Crippen molar-refractivity contribution in [3.8, 4) is 0 Å². The normalized spacial score (nSPS) is 12.1. The minimum Gasteiger partial charge on any atom is -0.253 e. The van der Waals surface area contributed by atoms with Crippen molar-refractivity contribution in [2.24, 2.45) is 7.05 Å². The van der Waals surface area contributed by atoms with Gasteiger partial charge in [0.2, 0.25) is 0 Å². The third-order valence-corrected chi connectivity index (χ3v) is 1.23. The number of aryl methyl sites for hydroxylation is 2. The largest absolute Gasteiger partial charge is 0.453 e. The van der Waals surface area contributed by atoms with Gasteiger partial charge in [-0.05, 0) is 6.92 Å². The van der Waals surface area contributed by atoms with E-state index < -0.39 is 12.0 Å². The van der Waals surface area contributed by atoms with Crippen molar-refractivity contribution >= 4 is 0 Å². The predicted octanol–water partition coefficient (Wildman–Crippen LogP) is 1.14. The lowest BCUT2D eigenvalue weighted by molar-refractivity contribution is -0.145. The molecule has 0 aliphatic rings. The molecule has 1 aromatic rings. The van der Waals surface area contributed by atoms with Crippen LogP contribution in [-0.4, -0.2) is 14.8 Å². The quantitative estimate of drug-likeness (QED) is 0.577. The van der Waals surface area contributed by atoms with Crippen LogP contribution in [0, 0.1) is 6.92 Å². The number of alkyl halides is 3. The molecule has 0 amide bonds. The lowest BCUT2D eigenvalue weighted by Gasteiger charge is -1.97. The first-order chi connectivity index (χ1) is 4.91. The monoisotopic (exact) mass is 165 g/mol. The highest BCUT2D eigenvalue weighted by atomic mass is 19.4. The number of hydrogen-bond donors (Lipinski definition) is 0. The van der Waals surface area contributed by atoms with Crippen LogP contribution in [0.1, 0.15) is 11.6 Å². The van der Waals surface area contributed by atoms with Crippen LogP contribution >= 0.6 is 0 Å². The Kier molecular flexibility index (Phi) is 1.62. The van der Waals surface area contributed by atoms with Crippen molar-refractivity contribution in [1.82, 2.24) is 14.8 Å². The molecule has 0 aliphatic carbocycles. The number of aromatic nitrogens is 3. The predicted molar refractivity (Wildman–Crippen MR) is 30.7 cm³/mol. The summed E-state index contributed by atoms with van der Waals surface area (Å²) in [6, 6.07) is 0. The van der Waals surface area contributed by atoms with E-state index in [0.717, 1.165) is 4.68 Å². The molecule has 0 aromatic carbocycles. The van der Waals surface area contributed by atoms with Crippen LogP contribution in [0.3, 0.4) is 0 Å². The average molecular weight is 165 g/mol. The summed E-state index contributed by atoms with van der Waals surface area (Å²) in [7, 11) is 1.41. The molecule has 3 nitrogen and oxygen atoms in total. The highest BCUT2D eigenvalue weighted by Crippen LogP contribution is 2.25. The summed E-state index contributed by atoms with van der Waals surface area (Å²) in [4.78, 5) is 3.21. The van der Waals surface area contributed by atoms with Gasteiger partial charge in [-0.25, -0.2) is 4.98 Å². The van der Waals surface area contributed by atoms with Crippen LogP contribution in [0.2, 0.25) is 0 Å². The first-order valence-electron chi connectivity index (χ1n) is 2.86. The Morgan fingerprint density at radius 1 is 1.36 bits per heavy atom. The SMILES string of the molecule is Cc1nc(C(F)(F)F)nn1C. The first-order valence-corrected chi connectivity index (χ1v) is 2.86. The molecule has 0 unspecified atom stereocenters. The molecule has 0 N–H and O–H groups in total. The fourth-order valence-corrected chi connectivity index (χ4v) is 0.583. The maximum Gasteiger partial charge on any atom is 0.453 e. The lowest BCUT2D eigenvalue weighted by Crippen LogP contribution is -2.08. The van der Waals surface area contributed by atoms with Crippen molar-refractivity contribution in [3.05, 3.63) is 11.6 Å². The van der Waals surface area contributed by atoms with Gasteiger partial charge in [-0.2, -0.15) is 13.2 Å². The van der Waals surface area contributed by atoms with E-state index in [0.29, 0.717) is 0 Å². The van der Waals surface area contributed by atoms with Gasteiger partial charge in [0.05, 0.1) is 0 Å². The number of hydrogen-bond acceptors (Lipinski definition) is 2. The molecule has 0 radical (unpaired) electrons. The molecule has 0 saturated heterocycles. The van der Waals surface area contributed by atoms with E-state index in [4.69, 9.17) is 0 Å². The topological polar surface area (TPSA) is 30.7 Å². The third-order valence-electron chi connectivity index (χ3n) is 1.23. The van der Waals surface area contributed by atoms with Crippen LogP contribution < -0.4 is 0 Å². The minimum absolute atomic E-state index is 0.248. The second kappa shape index (κ2) is 2.21. The van der Waals surface area contributed by atoms with Crippen LogP contribution in [0.4, 0.5) is 13.2 Å². The Labute approximate surface area is 60.8 Å². The van der Waals surface area contributed by atoms with E-state index in [9.17, 15) is 13.2 Å². The summed E-state index contributed by atoms with van der Waals surface area (Å²) in [6.45, 7) is 1.46. The number of nitrogens with zero attached hydrogens (tertiary/aromatic N) is 3. The van der Waals surface area contributed by atoms with Gasteiger partial charge in [-0.3, -0.25) is 4.68 Å². The molecular weight excluding hydrogens is 159 g/mol. The van der Waals surface area contributed by atoms with Gasteiger partial charge in [0, 0.05) is 7.05 Å².